The number of nitrogens with zero attached hydrogens (tertiary/aromatic N) is 2. The Morgan fingerprint density at radius 2 is 1.82 bits per heavy atom. The number of sulfonamides is 1. The number of anilines is 1. The number of amides is 3. The molecule has 1 aromatic heterocycles. The number of fused-ring (bicyclic) bond motifs is 1. The normalized spacial score (nSPS) is 18.4. The van der Waals surface area contributed by atoms with E-state index in [2.05, 4.69) is 28.0 Å². The maximum Gasteiger partial charge on any atom is 0.272 e. The molecule has 0 aliphatic carbocycles. The van der Waals surface area contributed by atoms with E-state index in [4.69, 9.17) is 0 Å². The molecule has 2 aliphatic heterocycles. The Morgan fingerprint density at radius 3 is 2.47 bits per heavy atom. The number of hydrogen-bond acceptors (Lipinski definition) is 7. The van der Waals surface area contributed by atoms with Crippen molar-refractivity contribution in [3.8, 4) is 0 Å². The second-order valence-corrected chi connectivity index (χ2v) is 13.0. The van der Waals surface area contributed by atoms with Crippen molar-refractivity contribution in [2.75, 3.05) is 31.5 Å². The van der Waals surface area contributed by atoms with Gasteiger partial charge in [-0.2, -0.15) is 4.31 Å². The highest BCUT2D eigenvalue weighted by Crippen LogP contribution is 2.37. The van der Waals surface area contributed by atoms with Crippen LogP contribution >= 0.6 is 11.3 Å². The molecule has 3 heterocycles. The zero-order chi connectivity index (χ0) is 27.4. The molecular formula is C26H35N5O5S2. The Balaban J connectivity index is 1.55. The summed E-state index contributed by atoms with van der Waals surface area (Å²) >= 11 is 1.35. The molecule has 1 fully saturated rings. The third-order valence-electron chi connectivity index (χ3n) is 6.86. The topological polar surface area (TPSA) is 128 Å². The van der Waals surface area contributed by atoms with Crippen LogP contribution in [0.15, 0.2) is 29.2 Å². The van der Waals surface area contributed by atoms with Crippen LogP contribution in [0.1, 0.15) is 71.2 Å². The van der Waals surface area contributed by atoms with Crippen molar-refractivity contribution in [2.45, 2.75) is 57.9 Å². The van der Waals surface area contributed by atoms with E-state index < -0.39 is 27.7 Å². The molecule has 1 unspecified atom stereocenters. The van der Waals surface area contributed by atoms with Gasteiger partial charge in [-0.3, -0.25) is 30.1 Å². The maximum atomic E-state index is 13.2. The SMILES string of the molecule is CCCN1CCc2c(sc(NC(=O)c3ccc(S(=O)(=O)N4CCCC(C)C4)cc3)c2C(=O)NNC(C)=O)C1. The first-order valence-electron chi connectivity index (χ1n) is 13.0. The van der Waals surface area contributed by atoms with Crippen LogP contribution in [0, 0.1) is 5.92 Å². The number of piperidine rings is 1. The van der Waals surface area contributed by atoms with Crippen LogP contribution in [-0.4, -0.2) is 61.5 Å². The molecular weight excluding hydrogens is 526 g/mol. The number of nitrogens with one attached hydrogen (secondary N) is 3. The lowest BCUT2D eigenvalue weighted by molar-refractivity contribution is -0.119. The van der Waals surface area contributed by atoms with Gasteiger partial charge in [0.05, 0.1) is 10.5 Å². The molecule has 38 heavy (non-hydrogen) atoms. The summed E-state index contributed by atoms with van der Waals surface area (Å²) in [6.07, 6.45) is 3.52. The fourth-order valence-corrected chi connectivity index (χ4v) is 7.85. The smallest absolute Gasteiger partial charge is 0.272 e. The van der Waals surface area contributed by atoms with Gasteiger partial charge >= 0.3 is 0 Å². The first-order valence-corrected chi connectivity index (χ1v) is 15.2. The van der Waals surface area contributed by atoms with Gasteiger partial charge in [-0.25, -0.2) is 8.42 Å². The minimum Gasteiger partial charge on any atom is -0.313 e. The number of carbonyl (C=O) groups is 3. The van der Waals surface area contributed by atoms with E-state index in [0.29, 0.717) is 42.5 Å². The van der Waals surface area contributed by atoms with Gasteiger partial charge in [0, 0.05) is 43.5 Å². The van der Waals surface area contributed by atoms with Crippen LogP contribution in [0.25, 0.3) is 0 Å². The second-order valence-electron chi connectivity index (χ2n) is 9.96. The van der Waals surface area contributed by atoms with Crippen LogP contribution < -0.4 is 16.2 Å². The van der Waals surface area contributed by atoms with Gasteiger partial charge in [-0.15, -0.1) is 11.3 Å². The van der Waals surface area contributed by atoms with Crippen molar-refractivity contribution in [3.63, 3.8) is 0 Å². The molecule has 1 atom stereocenters. The van der Waals surface area contributed by atoms with Gasteiger partial charge in [0.25, 0.3) is 11.8 Å². The monoisotopic (exact) mass is 561 g/mol. The summed E-state index contributed by atoms with van der Waals surface area (Å²) in [4.78, 5) is 41.0. The number of hydrazine groups is 1. The van der Waals surface area contributed by atoms with E-state index in [-0.39, 0.29) is 10.5 Å². The Hall–Kier alpha value is -2.80. The molecule has 0 spiro atoms. The van der Waals surface area contributed by atoms with Gasteiger partial charge in [-0.05, 0) is 68.0 Å². The molecule has 0 saturated carbocycles. The first kappa shape index (κ1) is 28.2. The van der Waals surface area contributed by atoms with Crippen molar-refractivity contribution in [1.82, 2.24) is 20.1 Å². The highest BCUT2D eigenvalue weighted by molar-refractivity contribution is 7.89. The van der Waals surface area contributed by atoms with Crippen molar-refractivity contribution in [1.29, 1.82) is 0 Å². The molecule has 3 N–H and O–H groups in total. The van der Waals surface area contributed by atoms with Crippen molar-refractivity contribution in [3.05, 3.63) is 45.8 Å². The second kappa shape index (κ2) is 11.9. The molecule has 3 amide bonds. The standard InChI is InChI=1S/C26H35N5O5S2/c1-4-12-30-14-11-21-22(16-30)37-26(23(21)25(34)29-28-18(3)32)27-24(33)19-7-9-20(10-8-19)38(35,36)31-13-5-6-17(2)15-31/h7-10,17H,4-6,11-16H2,1-3H3,(H,27,33)(H,28,32)(H,29,34). The molecule has 0 bridgehead atoms. The zero-order valence-electron chi connectivity index (χ0n) is 22.0. The lowest BCUT2D eigenvalue weighted by Gasteiger charge is -2.30. The fourth-order valence-electron chi connectivity index (χ4n) is 4.97. The van der Waals surface area contributed by atoms with Crippen molar-refractivity contribution >= 4 is 44.1 Å². The fraction of sp³-hybridized carbons (Fsp3) is 0.500. The van der Waals surface area contributed by atoms with E-state index in [0.717, 1.165) is 42.8 Å². The number of rotatable bonds is 7. The third kappa shape index (κ3) is 6.25. The van der Waals surface area contributed by atoms with E-state index in [1.165, 1.54) is 46.8 Å². The maximum absolute atomic E-state index is 13.2. The molecule has 12 heteroatoms. The number of thiophene rings is 1. The summed E-state index contributed by atoms with van der Waals surface area (Å²) in [6, 6.07) is 5.89. The lowest BCUT2D eigenvalue weighted by atomic mass is 10.0. The zero-order valence-corrected chi connectivity index (χ0v) is 23.6. The predicted octanol–water partition coefficient (Wildman–Crippen LogP) is 2.97. The molecule has 4 rings (SSSR count). The van der Waals surface area contributed by atoms with Crippen LogP contribution in [-0.2, 0) is 27.8 Å². The Bertz CT molecular complexity index is 1310. The Kier molecular flexibility index (Phi) is 8.86. The van der Waals surface area contributed by atoms with Gasteiger partial charge in [0.15, 0.2) is 0 Å². The van der Waals surface area contributed by atoms with E-state index >= 15 is 0 Å². The summed E-state index contributed by atoms with van der Waals surface area (Å²) in [5.74, 6) is -1.03. The minimum absolute atomic E-state index is 0.154. The Labute approximate surface area is 227 Å². The highest BCUT2D eigenvalue weighted by Gasteiger charge is 2.30. The van der Waals surface area contributed by atoms with E-state index in [1.54, 1.807) is 0 Å². The summed E-state index contributed by atoms with van der Waals surface area (Å²) < 4.78 is 27.6. The first-order chi connectivity index (χ1) is 18.1. The van der Waals surface area contributed by atoms with Crippen molar-refractivity contribution in [2.24, 2.45) is 5.92 Å². The highest BCUT2D eigenvalue weighted by atomic mass is 32.2. The summed E-state index contributed by atoms with van der Waals surface area (Å²) in [7, 11) is -3.63. The molecule has 206 valence electrons. The lowest BCUT2D eigenvalue weighted by Crippen LogP contribution is -2.41. The number of benzene rings is 1. The number of carbonyl (C=O) groups excluding carboxylic acids is 3. The predicted molar refractivity (Wildman–Crippen MR) is 146 cm³/mol. The third-order valence-corrected chi connectivity index (χ3v) is 9.87. The van der Waals surface area contributed by atoms with Gasteiger partial charge in [0.2, 0.25) is 15.9 Å². The summed E-state index contributed by atoms with van der Waals surface area (Å²) in [6.45, 7) is 8.88. The summed E-state index contributed by atoms with van der Waals surface area (Å²) in [5.41, 5.74) is 6.23. The van der Waals surface area contributed by atoms with Gasteiger partial charge in [-0.1, -0.05) is 13.8 Å². The van der Waals surface area contributed by atoms with Crippen LogP contribution in [0.4, 0.5) is 5.00 Å². The molecule has 1 aromatic carbocycles. The van der Waals surface area contributed by atoms with Crippen LogP contribution in [0.5, 0.6) is 0 Å². The average Bonchev–Trinajstić information content (AvgIpc) is 3.24. The Morgan fingerprint density at radius 1 is 1.08 bits per heavy atom. The van der Waals surface area contributed by atoms with E-state index in [9.17, 15) is 22.8 Å². The largest absolute Gasteiger partial charge is 0.313 e. The van der Waals surface area contributed by atoms with Crippen LogP contribution in [0.2, 0.25) is 0 Å². The van der Waals surface area contributed by atoms with Gasteiger partial charge < -0.3 is 5.32 Å². The molecule has 10 nitrogen and oxygen atoms in total. The molecule has 2 aliphatic rings. The molecule has 2 aromatic rings. The molecule has 1 saturated heterocycles. The van der Waals surface area contributed by atoms with E-state index in [1.807, 2.05) is 6.92 Å². The average molecular weight is 562 g/mol. The summed E-state index contributed by atoms with van der Waals surface area (Å²) in [5, 5.41) is 3.26. The van der Waals surface area contributed by atoms with Gasteiger partial charge in [0.1, 0.15) is 5.00 Å². The van der Waals surface area contributed by atoms with Crippen LogP contribution in [0.3, 0.4) is 0 Å². The van der Waals surface area contributed by atoms with Crippen molar-refractivity contribution < 1.29 is 22.8 Å². The number of hydrogen-bond donors (Lipinski definition) is 3. The quantitative estimate of drug-likeness (QED) is 0.446. The minimum atomic E-state index is -3.63. The molecule has 0 radical (unpaired) electrons.